The van der Waals surface area contributed by atoms with Crippen LogP contribution in [0.1, 0.15) is 29.1 Å². The zero-order valence-electron chi connectivity index (χ0n) is 14.9. The van der Waals surface area contributed by atoms with Crippen molar-refractivity contribution in [3.05, 3.63) is 65.9 Å². The number of amides is 1. The molecule has 0 fully saturated rings. The molecule has 146 valence electrons. The number of carbonyl (C=O) groups is 2. The summed E-state index contributed by atoms with van der Waals surface area (Å²) in [4.78, 5) is 24.1. The third-order valence-corrected chi connectivity index (χ3v) is 3.91. The summed E-state index contributed by atoms with van der Waals surface area (Å²) < 4.78 is 39.7. The van der Waals surface area contributed by atoms with Gasteiger partial charge in [0.25, 0.3) is 5.91 Å². The molecule has 2 aromatic carbocycles. The van der Waals surface area contributed by atoms with Gasteiger partial charge in [0.1, 0.15) is 22.7 Å². The molecule has 1 aromatic heterocycles. The normalized spacial score (nSPS) is 12.0. The molecule has 0 aliphatic heterocycles. The van der Waals surface area contributed by atoms with E-state index in [1.54, 1.807) is 6.92 Å². The summed E-state index contributed by atoms with van der Waals surface area (Å²) in [5.41, 5.74) is 0.501. The van der Waals surface area contributed by atoms with Crippen molar-refractivity contribution in [2.75, 3.05) is 6.61 Å². The van der Waals surface area contributed by atoms with Gasteiger partial charge in [0.2, 0.25) is 0 Å². The van der Waals surface area contributed by atoms with Gasteiger partial charge in [0.15, 0.2) is 6.61 Å². The van der Waals surface area contributed by atoms with Crippen LogP contribution in [0.15, 0.2) is 59.0 Å². The molecule has 0 unspecified atom stereocenters. The number of ether oxygens (including phenoxy) is 2. The molecule has 6 nitrogen and oxygen atoms in total. The van der Waals surface area contributed by atoms with Crippen LogP contribution in [0.5, 0.6) is 5.75 Å². The second kappa shape index (κ2) is 8.51. The lowest BCUT2D eigenvalue weighted by Crippen LogP contribution is -2.31. The maximum atomic E-state index is 12.4. The minimum absolute atomic E-state index is 0.194. The molecule has 0 bridgehead atoms. The number of halogens is 2. The highest BCUT2D eigenvalue weighted by atomic mass is 19.3. The number of carbonyl (C=O) groups excluding carboxylic acids is 2. The quantitative estimate of drug-likeness (QED) is 0.617. The van der Waals surface area contributed by atoms with E-state index < -0.39 is 31.1 Å². The van der Waals surface area contributed by atoms with E-state index in [9.17, 15) is 18.4 Å². The molecule has 0 aliphatic carbocycles. The Balaban J connectivity index is 1.57. The zero-order valence-corrected chi connectivity index (χ0v) is 14.9. The fraction of sp³-hybridized carbons (Fsp3) is 0.200. The van der Waals surface area contributed by atoms with E-state index in [4.69, 9.17) is 9.15 Å². The SMILES string of the molecule is C[C@H](NC(=O)COC(=O)c1ccccc1OC(F)F)c1cc2ccccc2o1. The largest absolute Gasteiger partial charge is 0.459 e. The van der Waals surface area contributed by atoms with E-state index in [2.05, 4.69) is 10.1 Å². The molecule has 3 rings (SSSR count). The first kappa shape index (κ1) is 19.3. The van der Waals surface area contributed by atoms with Crippen LogP contribution in [-0.4, -0.2) is 25.1 Å². The van der Waals surface area contributed by atoms with Crippen LogP contribution in [0.4, 0.5) is 8.78 Å². The Kier molecular flexibility index (Phi) is 5.88. The van der Waals surface area contributed by atoms with Gasteiger partial charge >= 0.3 is 12.6 Å². The molecule has 0 saturated heterocycles. The molecule has 1 amide bonds. The number of rotatable bonds is 7. The first-order chi connectivity index (χ1) is 13.4. The number of benzene rings is 2. The van der Waals surface area contributed by atoms with Gasteiger partial charge in [-0.2, -0.15) is 8.78 Å². The number of para-hydroxylation sites is 2. The lowest BCUT2D eigenvalue weighted by atomic mass is 10.2. The minimum Gasteiger partial charge on any atom is -0.459 e. The zero-order chi connectivity index (χ0) is 20.1. The van der Waals surface area contributed by atoms with Crippen LogP contribution in [0.3, 0.4) is 0 Å². The average molecular weight is 389 g/mol. The number of nitrogens with one attached hydrogen (secondary N) is 1. The molecular weight excluding hydrogens is 372 g/mol. The average Bonchev–Trinajstić information content (AvgIpc) is 3.10. The van der Waals surface area contributed by atoms with Crippen LogP contribution in [0.25, 0.3) is 11.0 Å². The van der Waals surface area contributed by atoms with Gasteiger partial charge in [-0.25, -0.2) is 4.79 Å². The van der Waals surface area contributed by atoms with Gasteiger partial charge in [-0.05, 0) is 31.2 Å². The molecular formula is C20H17F2NO5. The van der Waals surface area contributed by atoms with E-state index in [0.717, 1.165) is 5.39 Å². The lowest BCUT2D eigenvalue weighted by Gasteiger charge is -2.13. The molecule has 0 radical (unpaired) electrons. The van der Waals surface area contributed by atoms with Crippen molar-refractivity contribution < 1.29 is 32.3 Å². The summed E-state index contributed by atoms with van der Waals surface area (Å²) in [5, 5.41) is 3.55. The van der Waals surface area contributed by atoms with Crippen molar-refractivity contribution in [2.24, 2.45) is 0 Å². The topological polar surface area (TPSA) is 77.8 Å². The Hall–Kier alpha value is -3.42. The highest BCUT2D eigenvalue weighted by Crippen LogP contribution is 2.24. The molecule has 0 spiro atoms. The second-order valence-electron chi connectivity index (χ2n) is 5.93. The van der Waals surface area contributed by atoms with Crippen molar-refractivity contribution in [1.82, 2.24) is 5.32 Å². The van der Waals surface area contributed by atoms with Crippen molar-refractivity contribution in [2.45, 2.75) is 19.6 Å². The molecule has 28 heavy (non-hydrogen) atoms. The Morgan fingerprint density at radius 3 is 2.57 bits per heavy atom. The van der Waals surface area contributed by atoms with E-state index in [1.807, 2.05) is 30.3 Å². The summed E-state index contributed by atoms with van der Waals surface area (Å²) in [6.45, 7) is -1.93. The van der Waals surface area contributed by atoms with E-state index in [1.165, 1.54) is 24.3 Å². The van der Waals surface area contributed by atoms with Gasteiger partial charge in [-0.15, -0.1) is 0 Å². The summed E-state index contributed by atoms with van der Waals surface area (Å²) in [6, 6.07) is 14.2. The van der Waals surface area contributed by atoms with Crippen LogP contribution < -0.4 is 10.1 Å². The van der Waals surface area contributed by atoms with E-state index in [0.29, 0.717) is 11.3 Å². The van der Waals surface area contributed by atoms with Gasteiger partial charge < -0.3 is 19.2 Å². The highest BCUT2D eigenvalue weighted by Gasteiger charge is 2.19. The number of esters is 1. The van der Waals surface area contributed by atoms with E-state index in [-0.39, 0.29) is 11.3 Å². The number of furan rings is 1. The monoisotopic (exact) mass is 389 g/mol. The Bertz CT molecular complexity index is 952. The predicted octanol–water partition coefficient (Wildman–Crippen LogP) is 4.07. The second-order valence-corrected chi connectivity index (χ2v) is 5.93. The van der Waals surface area contributed by atoms with Crippen molar-refractivity contribution in [3.63, 3.8) is 0 Å². The Morgan fingerprint density at radius 1 is 1.11 bits per heavy atom. The van der Waals surface area contributed by atoms with Gasteiger partial charge in [0.05, 0.1) is 6.04 Å². The Labute approximate surface area is 159 Å². The van der Waals surface area contributed by atoms with E-state index >= 15 is 0 Å². The third kappa shape index (κ3) is 4.64. The molecule has 1 N–H and O–H groups in total. The maximum absolute atomic E-state index is 12.4. The van der Waals surface area contributed by atoms with Crippen LogP contribution >= 0.6 is 0 Å². The first-order valence-electron chi connectivity index (χ1n) is 8.43. The van der Waals surface area contributed by atoms with Crippen LogP contribution in [0, 0.1) is 0 Å². The van der Waals surface area contributed by atoms with Crippen molar-refractivity contribution in [1.29, 1.82) is 0 Å². The predicted molar refractivity (Wildman–Crippen MR) is 96.1 cm³/mol. The minimum atomic E-state index is -3.08. The highest BCUT2D eigenvalue weighted by molar-refractivity contribution is 5.94. The molecule has 0 saturated carbocycles. The summed E-state index contributed by atoms with van der Waals surface area (Å²) in [7, 11) is 0. The number of hydrogen-bond acceptors (Lipinski definition) is 5. The standard InChI is InChI=1S/C20H17F2NO5/c1-12(17-10-13-6-2-4-8-15(13)27-17)23-18(24)11-26-19(25)14-7-3-5-9-16(14)28-20(21)22/h2-10,12,20H,11H2,1H3,(H,23,24)/t12-/m0/s1. The number of hydrogen-bond donors (Lipinski definition) is 1. The summed E-state index contributed by atoms with van der Waals surface area (Å²) >= 11 is 0. The van der Waals surface area contributed by atoms with Crippen molar-refractivity contribution >= 4 is 22.8 Å². The van der Waals surface area contributed by atoms with Crippen LogP contribution in [-0.2, 0) is 9.53 Å². The number of fused-ring (bicyclic) bond motifs is 1. The summed E-state index contributed by atoms with van der Waals surface area (Å²) in [5.74, 6) is -1.27. The molecule has 8 heteroatoms. The van der Waals surface area contributed by atoms with Gasteiger partial charge in [-0.3, -0.25) is 4.79 Å². The fourth-order valence-electron chi connectivity index (χ4n) is 2.61. The molecule has 1 heterocycles. The van der Waals surface area contributed by atoms with Gasteiger partial charge in [0, 0.05) is 5.39 Å². The smallest absolute Gasteiger partial charge is 0.387 e. The maximum Gasteiger partial charge on any atom is 0.387 e. The van der Waals surface area contributed by atoms with Crippen molar-refractivity contribution in [3.8, 4) is 5.75 Å². The number of alkyl halides is 2. The third-order valence-electron chi connectivity index (χ3n) is 3.91. The fourth-order valence-corrected chi connectivity index (χ4v) is 2.61. The summed E-state index contributed by atoms with van der Waals surface area (Å²) in [6.07, 6.45) is 0. The lowest BCUT2D eigenvalue weighted by molar-refractivity contribution is -0.125. The first-order valence-corrected chi connectivity index (χ1v) is 8.43. The molecule has 0 aliphatic rings. The van der Waals surface area contributed by atoms with Crippen LogP contribution in [0.2, 0.25) is 0 Å². The Morgan fingerprint density at radius 2 is 1.82 bits per heavy atom. The molecule has 1 atom stereocenters. The molecule has 3 aromatic rings. The van der Waals surface area contributed by atoms with Gasteiger partial charge in [-0.1, -0.05) is 30.3 Å².